The van der Waals surface area contributed by atoms with E-state index in [9.17, 15) is 38.4 Å². The van der Waals surface area contributed by atoms with Crippen LogP contribution in [0.1, 0.15) is 106 Å². The van der Waals surface area contributed by atoms with Crippen molar-refractivity contribution in [3.63, 3.8) is 0 Å². The molecule has 1 aliphatic heterocycles. The third kappa shape index (κ3) is 19.2. The number of nitrogens with zero attached hydrogens (tertiary/aromatic N) is 2. The fourth-order valence-electron chi connectivity index (χ4n) is 9.00. The van der Waals surface area contributed by atoms with Crippen LogP contribution in [-0.4, -0.2) is 110 Å². The van der Waals surface area contributed by atoms with Crippen molar-refractivity contribution < 1.29 is 71.3 Å². The zero-order valence-electron chi connectivity index (χ0n) is 46.5. The normalized spacial score (nSPS) is 13.2. The van der Waals surface area contributed by atoms with E-state index >= 15 is 0 Å². The van der Waals surface area contributed by atoms with Gasteiger partial charge in [0.15, 0.2) is 12.4 Å². The maximum Gasteiger partial charge on any atom is 0.363 e. The number of amides is 4. The average molecular weight is 1140 g/mol. The minimum atomic E-state index is -1.52. The molecule has 0 aliphatic carbocycles. The highest BCUT2D eigenvalue weighted by Gasteiger charge is 2.34. The number of hydrogen-bond donors (Lipinski definition) is 3. The number of carbonyl (C=O) groups is 8. The molecule has 0 unspecified atom stereocenters. The molecule has 2 heterocycles. The lowest BCUT2D eigenvalue weighted by Crippen LogP contribution is -2.49. The van der Waals surface area contributed by atoms with E-state index in [2.05, 4.69) is 20.9 Å². The lowest BCUT2D eigenvalue weighted by atomic mass is 9.90. The van der Waals surface area contributed by atoms with Crippen LogP contribution in [0, 0.1) is 5.92 Å². The molecular formula is C63H69N5O15. The molecule has 83 heavy (non-hydrogen) atoms. The van der Waals surface area contributed by atoms with E-state index in [-0.39, 0.29) is 61.3 Å². The minimum absolute atomic E-state index is 0.0496. The molecule has 6 aromatic rings. The first-order valence-electron chi connectivity index (χ1n) is 27.6. The second-order valence-electron chi connectivity index (χ2n) is 19.5. The van der Waals surface area contributed by atoms with E-state index in [4.69, 9.17) is 32.9 Å². The smallest absolute Gasteiger partial charge is 0.363 e. The number of rotatable bonds is 31. The number of unbranched alkanes of at least 4 members (excludes halogenated alkanes) is 2. The molecule has 3 N–H and O–H groups in total. The fraction of sp³-hybridized carbons (Fsp3) is 0.333. The third-order valence-electron chi connectivity index (χ3n) is 13.5. The molecule has 0 bridgehead atoms. The van der Waals surface area contributed by atoms with E-state index in [0.717, 1.165) is 42.1 Å². The highest BCUT2D eigenvalue weighted by atomic mass is 16.7. The zero-order chi connectivity index (χ0) is 58.8. The van der Waals surface area contributed by atoms with Gasteiger partial charge in [-0.1, -0.05) is 142 Å². The van der Waals surface area contributed by atoms with E-state index in [1.807, 2.05) is 31.2 Å². The standard InChI is InChI=1S/C63H69N5O15/c1-3-5-9-22-50(53(4-2)68(43-69)83-62(75)48-25-23-44(24-26-48)37-67-31-33-77-34-32-67)59(72)64-42-65-61(74)55-30-29-54(82-55)49-27-28-51(56(35-49)78-41-58(71)80-39-46-18-12-7-13-19-46)60(73)66-52(63(76)81-40-47-20-14-8-15-21-47)36-57(70)79-38-45-16-10-6-11-17-45/h6-8,10-21,23-30,35,43,50,52-53H,3-5,9,22,31-34,36-42H2,1-2H3,(H,64,72)(H,65,74)(H,66,73)/t50-,52+,53-/m1/s1. The first-order chi connectivity index (χ1) is 40.4. The summed E-state index contributed by atoms with van der Waals surface area (Å²) >= 11 is 0. The van der Waals surface area contributed by atoms with Crippen LogP contribution >= 0.6 is 0 Å². The van der Waals surface area contributed by atoms with Crippen molar-refractivity contribution in [2.24, 2.45) is 5.92 Å². The Labute approximate surface area is 481 Å². The molecule has 0 radical (unpaired) electrons. The van der Waals surface area contributed by atoms with Gasteiger partial charge >= 0.3 is 23.9 Å². The van der Waals surface area contributed by atoms with Gasteiger partial charge in [0, 0.05) is 25.2 Å². The molecule has 3 atom stereocenters. The molecule has 0 spiro atoms. The summed E-state index contributed by atoms with van der Waals surface area (Å²) in [6.07, 6.45) is 2.75. The summed E-state index contributed by atoms with van der Waals surface area (Å²) < 4.78 is 33.7. The van der Waals surface area contributed by atoms with Crippen LogP contribution in [0.5, 0.6) is 5.75 Å². The Bertz CT molecular complexity index is 3080. The number of benzene rings is 5. The van der Waals surface area contributed by atoms with Crippen LogP contribution in [0.4, 0.5) is 0 Å². The van der Waals surface area contributed by atoms with Crippen LogP contribution in [0.3, 0.4) is 0 Å². The summed E-state index contributed by atoms with van der Waals surface area (Å²) in [7, 11) is 0. The third-order valence-corrected chi connectivity index (χ3v) is 13.5. The average Bonchev–Trinajstić information content (AvgIpc) is 4.26. The number of hydrogen-bond acceptors (Lipinski definition) is 16. The number of furan rings is 1. The fourth-order valence-corrected chi connectivity index (χ4v) is 9.00. The van der Waals surface area contributed by atoms with Crippen molar-refractivity contribution in [3.8, 4) is 17.1 Å². The van der Waals surface area contributed by atoms with Crippen LogP contribution in [0.2, 0.25) is 0 Å². The molecule has 5 aromatic carbocycles. The van der Waals surface area contributed by atoms with Crippen molar-refractivity contribution >= 4 is 48.0 Å². The Hall–Kier alpha value is -9.14. The van der Waals surface area contributed by atoms with Gasteiger partial charge in [0.25, 0.3) is 11.8 Å². The van der Waals surface area contributed by atoms with Gasteiger partial charge in [0.2, 0.25) is 12.3 Å². The second-order valence-corrected chi connectivity index (χ2v) is 19.5. The lowest BCUT2D eigenvalue weighted by molar-refractivity contribution is -0.171. The monoisotopic (exact) mass is 1140 g/mol. The van der Waals surface area contributed by atoms with Crippen molar-refractivity contribution in [1.29, 1.82) is 0 Å². The molecule has 20 heteroatoms. The van der Waals surface area contributed by atoms with Gasteiger partial charge in [0.1, 0.15) is 37.4 Å². The van der Waals surface area contributed by atoms with Crippen molar-refractivity contribution in [2.75, 3.05) is 39.6 Å². The molecule has 4 amide bonds. The van der Waals surface area contributed by atoms with Crippen LogP contribution in [0.25, 0.3) is 11.3 Å². The summed E-state index contributed by atoms with van der Waals surface area (Å²) in [6.45, 7) is 6.17. The van der Waals surface area contributed by atoms with Crippen LogP contribution in [0.15, 0.2) is 150 Å². The van der Waals surface area contributed by atoms with Gasteiger partial charge < -0.3 is 48.9 Å². The summed E-state index contributed by atoms with van der Waals surface area (Å²) in [5.41, 5.74) is 3.49. The number of esters is 3. The van der Waals surface area contributed by atoms with E-state index < -0.39 is 72.6 Å². The SMILES string of the molecule is CCCCC[C@@H](C(=O)NCNC(=O)c1ccc(-c2ccc(C(=O)N[C@@H](CC(=O)OCc3ccccc3)C(=O)OCc3ccccc3)c(OCC(=O)OCc3ccccc3)c2)o1)[C@@H](CC)N(C=O)OC(=O)c1ccc(CN2CCOCC2)cc1. The molecular weight excluding hydrogens is 1070 g/mol. The minimum Gasteiger partial charge on any atom is -0.481 e. The molecule has 436 valence electrons. The predicted octanol–water partition coefficient (Wildman–Crippen LogP) is 7.89. The summed E-state index contributed by atoms with van der Waals surface area (Å²) in [4.78, 5) is 115. The molecule has 1 saturated heterocycles. The molecule has 0 saturated carbocycles. The van der Waals surface area contributed by atoms with E-state index in [0.29, 0.717) is 55.7 Å². The zero-order valence-corrected chi connectivity index (χ0v) is 46.5. The Morgan fingerprint density at radius 2 is 1.30 bits per heavy atom. The largest absolute Gasteiger partial charge is 0.481 e. The van der Waals surface area contributed by atoms with Gasteiger partial charge in [-0.3, -0.25) is 28.9 Å². The van der Waals surface area contributed by atoms with Gasteiger partial charge in [0.05, 0.1) is 49.4 Å². The van der Waals surface area contributed by atoms with E-state index in [1.165, 1.54) is 30.3 Å². The van der Waals surface area contributed by atoms with Gasteiger partial charge in [-0.05, 0) is 71.5 Å². The van der Waals surface area contributed by atoms with Crippen molar-refractivity contribution in [3.05, 3.63) is 185 Å². The lowest BCUT2D eigenvalue weighted by Gasteiger charge is -2.31. The highest BCUT2D eigenvalue weighted by molar-refractivity contribution is 6.00. The summed E-state index contributed by atoms with van der Waals surface area (Å²) in [6, 6.07) is 38.4. The van der Waals surface area contributed by atoms with E-state index in [1.54, 1.807) is 97.9 Å². The maximum atomic E-state index is 14.2. The first kappa shape index (κ1) is 61.5. The molecule has 20 nitrogen and oxygen atoms in total. The van der Waals surface area contributed by atoms with Crippen LogP contribution < -0.4 is 20.7 Å². The Morgan fingerprint density at radius 1 is 0.675 bits per heavy atom. The molecule has 1 aliphatic rings. The number of ether oxygens (including phenoxy) is 5. The van der Waals surface area contributed by atoms with Crippen LogP contribution in [-0.2, 0) is 74.1 Å². The number of nitrogens with one attached hydrogen (secondary N) is 3. The van der Waals surface area contributed by atoms with Gasteiger partial charge in [-0.2, -0.15) is 5.06 Å². The maximum absolute atomic E-state index is 14.2. The first-order valence-corrected chi connectivity index (χ1v) is 27.6. The Balaban J connectivity index is 1.02. The Kier molecular flexibility index (Phi) is 24.0. The summed E-state index contributed by atoms with van der Waals surface area (Å²) in [5.74, 6) is -6.28. The number of carbonyl (C=O) groups excluding carboxylic acids is 8. The quantitative estimate of drug-likeness (QED) is 0.00935. The van der Waals surface area contributed by atoms with Gasteiger partial charge in [-0.25, -0.2) is 14.4 Å². The summed E-state index contributed by atoms with van der Waals surface area (Å²) in [5, 5.41) is 8.84. The number of morpholine rings is 1. The Morgan fingerprint density at radius 3 is 1.92 bits per heavy atom. The second kappa shape index (κ2) is 32.3. The topological polar surface area (TPSA) is 248 Å². The number of hydroxylamine groups is 2. The predicted molar refractivity (Wildman–Crippen MR) is 302 cm³/mol. The van der Waals surface area contributed by atoms with Gasteiger partial charge in [-0.15, -0.1) is 0 Å². The van der Waals surface area contributed by atoms with Crippen molar-refractivity contribution in [1.82, 2.24) is 25.9 Å². The molecule has 1 fully saturated rings. The van der Waals surface area contributed by atoms with Crippen molar-refractivity contribution in [2.45, 2.75) is 90.8 Å². The molecule has 7 rings (SSSR count). The highest BCUT2D eigenvalue weighted by Crippen LogP contribution is 2.30. The molecule has 1 aromatic heterocycles.